The van der Waals surface area contributed by atoms with Crippen LogP contribution in [-0.4, -0.2) is 27.0 Å². The molecule has 0 radical (unpaired) electrons. The first-order valence-electron chi connectivity index (χ1n) is 8.45. The van der Waals surface area contributed by atoms with Crippen LogP contribution in [0.3, 0.4) is 0 Å². The maximum atomic E-state index is 13.3. The van der Waals surface area contributed by atoms with E-state index in [0.717, 1.165) is 12.1 Å². The van der Waals surface area contributed by atoms with Gasteiger partial charge in [0.15, 0.2) is 23.3 Å². The quantitative estimate of drug-likeness (QED) is 0.627. The Morgan fingerprint density at radius 3 is 2.57 bits per heavy atom. The van der Waals surface area contributed by atoms with E-state index in [-0.39, 0.29) is 17.9 Å². The average molecular weight is 390 g/mol. The molecule has 28 heavy (non-hydrogen) atoms. The number of nitrogens with zero attached hydrogens (tertiary/aromatic N) is 3. The first kappa shape index (κ1) is 19.6. The van der Waals surface area contributed by atoms with Crippen molar-refractivity contribution in [1.29, 1.82) is 0 Å². The van der Waals surface area contributed by atoms with Crippen LogP contribution in [0.1, 0.15) is 28.5 Å². The van der Waals surface area contributed by atoms with Crippen LogP contribution in [0.2, 0.25) is 0 Å². The summed E-state index contributed by atoms with van der Waals surface area (Å²) in [4.78, 5) is 20.4. The normalized spacial score (nSPS) is 10.9. The van der Waals surface area contributed by atoms with Crippen molar-refractivity contribution in [2.24, 2.45) is 0 Å². The van der Waals surface area contributed by atoms with E-state index in [9.17, 15) is 18.0 Å². The van der Waals surface area contributed by atoms with Crippen molar-refractivity contribution < 1.29 is 22.7 Å². The Kier molecular flexibility index (Phi) is 6.05. The number of anilines is 1. The monoisotopic (exact) mass is 390 g/mol. The molecule has 0 aliphatic rings. The molecule has 1 aromatic carbocycles. The van der Waals surface area contributed by atoms with Crippen molar-refractivity contribution in [3.05, 3.63) is 77.3 Å². The lowest BCUT2D eigenvalue weighted by Crippen LogP contribution is -2.12. The topological polar surface area (TPSA) is 69.0 Å². The molecule has 0 aliphatic heterocycles. The molecule has 1 N–H and O–H groups in total. The lowest BCUT2D eigenvalue weighted by molar-refractivity contribution is 0.102. The van der Waals surface area contributed by atoms with Crippen LogP contribution < -0.4 is 5.32 Å². The minimum absolute atomic E-state index is 0.0602. The van der Waals surface area contributed by atoms with Gasteiger partial charge in [-0.3, -0.25) is 9.78 Å². The van der Waals surface area contributed by atoms with Crippen molar-refractivity contribution in [3.63, 3.8) is 0 Å². The summed E-state index contributed by atoms with van der Waals surface area (Å²) in [7, 11) is 0. The zero-order chi connectivity index (χ0) is 20.1. The number of hydrogen-bond acceptors (Lipinski definition) is 4. The van der Waals surface area contributed by atoms with E-state index in [0.29, 0.717) is 24.5 Å². The number of rotatable bonds is 7. The fourth-order valence-electron chi connectivity index (χ4n) is 2.46. The summed E-state index contributed by atoms with van der Waals surface area (Å²) in [6.07, 6.45) is 4.32. The third kappa shape index (κ3) is 4.74. The first-order valence-corrected chi connectivity index (χ1v) is 8.45. The van der Waals surface area contributed by atoms with Crippen LogP contribution in [-0.2, 0) is 17.9 Å². The Morgan fingerprint density at radius 1 is 1.18 bits per heavy atom. The number of hydrogen-bond donors (Lipinski definition) is 1. The maximum absolute atomic E-state index is 13.3. The average Bonchev–Trinajstić information content (AvgIpc) is 3.11. The second kappa shape index (κ2) is 8.66. The molecule has 146 valence electrons. The van der Waals surface area contributed by atoms with Crippen molar-refractivity contribution in [2.45, 2.75) is 20.1 Å². The Balaban J connectivity index is 1.63. The van der Waals surface area contributed by atoms with Gasteiger partial charge in [0.25, 0.3) is 5.91 Å². The second-order valence-corrected chi connectivity index (χ2v) is 5.93. The number of ether oxygens (including phenoxy) is 1. The molecule has 6 nitrogen and oxygen atoms in total. The van der Waals surface area contributed by atoms with Crippen molar-refractivity contribution in [2.75, 3.05) is 11.9 Å². The molecule has 3 rings (SSSR count). The molecule has 0 aliphatic carbocycles. The molecule has 2 heterocycles. The van der Waals surface area contributed by atoms with E-state index in [4.69, 9.17) is 4.74 Å². The smallest absolute Gasteiger partial charge is 0.258 e. The van der Waals surface area contributed by atoms with Gasteiger partial charge in [0.05, 0.1) is 24.2 Å². The fraction of sp³-hybridized carbons (Fsp3) is 0.211. The predicted octanol–water partition coefficient (Wildman–Crippen LogP) is 3.53. The zero-order valence-electron chi connectivity index (χ0n) is 15.0. The van der Waals surface area contributed by atoms with Crippen LogP contribution in [0.15, 0.2) is 43.0 Å². The molecule has 0 atom stereocenters. The van der Waals surface area contributed by atoms with Crippen LogP contribution in [0.4, 0.5) is 19.0 Å². The SMILES string of the molecule is CCOCc1ccc(C(=O)Nc2cn(Cc3cc(F)c(F)c(F)c3)cn2)cn1. The molecule has 0 bridgehead atoms. The highest BCUT2D eigenvalue weighted by Gasteiger charge is 2.12. The van der Waals surface area contributed by atoms with Crippen molar-refractivity contribution in [3.8, 4) is 0 Å². The number of halogens is 3. The van der Waals surface area contributed by atoms with Gasteiger partial charge in [0.2, 0.25) is 0 Å². The summed E-state index contributed by atoms with van der Waals surface area (Å²) in [6, 6.07) is 5.14. The summed E-state index contributed by atoms with van der Waals surface area (Å²) in [5.74, 6) is -4.18. The summed E-state index contributed by atoms with van der Waals surface area (Å²) in [5.41, 5.74) is 1.28. The number of carbonyl (C=O) groups excluding carboxylic acids is 1. The van der Waals surface area contributed by atoms with Gasteiger partial charge in [0, 0.05) is 25.5 Å². The Morgan fingerprint density at radius 2 is 1.93 bits per heavy atom. The van der Waals surface area contributed by atoms with Crippen LogP contribution in [0.25, 0.3) is 0 Å². The van der Waals surface area contributed by atoms with Gasteiger partial charge in [0.1, 0.15) is 0 Å². The first-order chi connectivity index (χ1) is 13.5. The van der Waals surface area contributed by atoms with Gasteiger partial charge < -0.3 is 14.6 Å². The third-order valence-electron chi connectivity index (χ3n) is 3.82. The lowest BCUT2D eigenvalue weighted by Gasteiger charge is -2.05. The fourth-order valence-corrected chi connectivity index (χ4v) is 2.46. The minimum Gasteiger partial charge on any atom is -0.375 e. The summed E-state index contributed by atoms with van der Waals surface area (Å²) in [5, 5.41) is 2.61. The number of carbonyl (C=O) groups is 1. The molecule has 0 saturated heterocycles. The highest BCUT2D eigenvalue weighted by molar-refractivity contribution is 6.03. The summed E-state index contributed by atoms with van der Waals surface area (Å²) in [6.45, 7) is 2.88. The summed E-state index contributed by atoms with van der Waals surface area (Å²) < 4.78 is 46.4. The number of aromatic nitrogens is 3. The van der Waals surface area contributed by atoms with E-state index >= 15 is 0 Å². The Labute approximate surface area is 159 Å². The standard InChI is InChI=1S/C19H17F3N4O2/c1-2-28-10-14-4-3-13(7-23-14)19(27)25-17-9-26(11-24-17)8-12-5-15(20)18(22)16(21)6-12/h3-7,9,11H,2,8,10H2,1H3,(H,25,27). The van der Waals surface area contributed by atoms with Crippen molar-refractivity contribution in [1.82, 2.24) is 14.5 Å². The number of nitrogens with one attached hydrogen (secondary N) is 1. The maximum Gasteiger partial charge on any atom is 0.258 e. The molecule has 1 amide bonds. The van der Waals surface area contributed by atoms with E-state index in [1.165, 1.54) is 23.3 Å². The van der Waals surface area contributed by atoms with Gasteiger partial charge in [-0.2, -0.15) is 0 Å². The van der Waals surface area contributed by atoms with E-state index in [1.807, 2.05) is 6.92 Å². The molecule has 3 aromatic rings. The van der Waals surface area contributed by atoms with Crippen LogP contribution in [0.5, 0.6) is 0 Å². The third-order valence-corrected chi connectivity index (χ3v) is 3.82. The second-order valence-electron chi connectivity index (χ2n) is 5.93. The molecule has 2 aromatic heterocycles. The highest BCUT2D eigenvalue weighted by Crippen LogP contribution is 2.15. The Hall–Kier alpha value is -3.20. The Bertz CT molecular complexity index is 951. The number of benzene rings is 1. The highest BCUT2D eigenvalue weighted by atomic mass is 19.2. The molecule has 0 unspecified atom stereocenters. The van der Waals surface area contributed by atoms with E-state index in [1.54, 1.807) is 12.1 Å². The predicted molar refractivity (Wildman–Crippen MR) is 95.2 cm³/mol. The molecule has 0 saturated carbocycles. The van der Waals surface area contributed by atoms with Gasteiger partial charge in [-0.1, -0.05) is 0 Å². The largest absolute Gasteiger partial charge is 0.375 e. The number of pyridine rings is 1. The van der Waals surface area contributed by atoms with Gasteiger partial charge in [-0.15, -0.1) is 0 Å². The molecule has 0 fully saturated rings. The number of imidazole rings is 1. The van der Waals surface area contributed by atoms with Crippen LogP contribution >= 0.6 is 0 Å². The van der Waals surface area contributed by atoms with Crippen molar-refractivity contribution >= 4 is 11.7 Å². The van der Waals surface area contributed by atoms with Crippen LogP contribution in [0, 0.1) is 17.5 Å². The molecule has 9 heteroatoms. The van der Waals surface area contributed by atoms with Gasteiger partial charge >= 0.3 is 0 Å². The van der Waals surface area contributed by atoms with E-state index in [2.05, 4.69) is 15.3 Å². The minimum atomic E-state index is -1.51. The molecule has 0 spiro atoms. The van der Waals surface area contributed by atoms with Gasteiger partial charge in [-0.05, 0) is 36.8 Å². The number of amides is 1. The van der Waals surface area contributed by atoms with E-state index < -0.39 is 23.4 Å². The van der Waals surface area contributed by atoms with Gasteiger partial charge in [-0.25, -0.2) is 18.2 Å². The summed E-state index contributed by atoms with van der Waals surface area (Å²) >= 11 is 0. The molecular formula is C19H17F3N4O2. The molecular weight excluding hydrogens is 373 g/mol. The lowest BCUT2D eigenvalue weighted by atomic mass is 10.2. The zero-order valence-corrected chi connectivity index (χ0v) is 15.0.